The summed E-state index contributed by atoms with van der Waals surface area (Å²) in [5, 5.41) is 8.08. The number of methoxy groups -OCH3 is 2. The number of halogens is 1. The molecule has 1 aromatic heterocycles. The smallest absolute Gasteiger partial charge is 0.270 e. The molecule has 2 aromatic carbocycles. The Morgan fingerprint density at radius 1 is 1.15 bits per heavy atom. The van der Waals surface area contributed by atoms with Gasteiger partial charge in [0.25, 0.3) is 5.91 Å². The zero-order chi connectivity index (χ0) is 19.2. The lowest BCUT2D eigenvalue weighted by molar-refractivity contribution is 0.0929. The molecule has 0 saturated heterocycles. The van der Waals surface area contributed by atoms with Crippen molar-refractivity contribution in [1.82, 2.24) is 15.1 Å². The maximum Gasteiger partial charge on any atom is 0.270 e. The number of amides is 1. The number of aromatic nitrogens is 2. The number of carbonyl (C=O) groups excluding carboxylic acids is 1. The van der Waals surface area contributed by atoms with E-state index in [1.807, 2.05) is 36.4 Å². The average Bonchev–Trinajstić information content (AvgIpc) is 3.14. The number of ether oxygens (including phenoxy) is 2. The fourth-order valence-corrected chi connectivity index (χ4v) is 2.73. The Morgan fingerprint density at radius 2 is 1.93 bits per heavy atom. The third kappa shape index (κ3) is 4.48. The maximum absolute atomic E-state index is 12.7. The lowest BCUT2D eigenvalue weighted by Gasteiger charge is -2.08. The average molecular weight is 386 g/mol. The van der Waals surface area contributed by atoms with Crippen LogP contribution in [0.1, 0.15) is 10.5 Å². The van der Waals surface area contributed by atoms with Crippen LogP contribution in [0.15, 0.2) is 54.6 Å². The molecule has 3 rings (SSSR count). The minimum atomic E-state index is -0.233. The monoisotopic (exact) mass is 385 g/mol. The Labute approximate surface area is 162 Å². The van der Waals surface area contributed by atoms with Crippen molar-refractivity contribution in [1.29, 1.82) is 0 Å². The zero-order valence-corrected chi connectivity index (χ0v) is 15.9. The van der Waals surface area contributed by atoms with Gasteiger partial charge >= 0.3 is 0 Å². The van der Waals surface area contributed by atoms with E-state index in [4.69, 9.17) is 21.1 Å². The van der Waals surface area contributed by atoms with Crippen LogP contribution in [-0.2, 0) is 4.74 Å². The van der Waals surface area contributed by atoms with Crippen LogP contribution in [0.3, 0.4) is 0 Å². The molecular weight excluding hydrogens is 366 g/mol. The summed E-state index contributed by atoms with van der Waals surface area (Å²) >= 11 is 5.98. The van der Waals surface area contributed by atoms with E-state index in [9.17, 15) is 4.79 Å². The largest absolute Gasteiger partial charge is 0.497 e. The standard InChI is InChI=1S/C20H20ClN3O3/c1-26-11-10-22-20(25)19-13-18(14-4-3-5-17(12-14)27-2)23-24(19)16-8-6-15(21)7-9-16/h3-9,12-13H,10-11H2,1-2H3,(H,22,25). The molecule has 0 atom stereocenters. The summed E-state index contributed by atoms with van der Waals surface area (Å²) in [5.74, 6) is 0.489. The minimum absolute atomic E-state index is 0.233. The first-order valence-corrected chi connectivity index (χ1v) is 8.77. The zero-order valence-electron chi connectivity index (χ0n) is 15.1. The van der Waals surface area contributed by atoms with Crippen molar-refractivity contribution in [3.63, 3.8) is 0 Å². The van der Waals surface area contributed by atoms with E-state index in [1.54, 1.807) is 37.1 Å². The summed E-state index contributed by atoms with van der Waals surface area (Å²) in [6.07, 6.45) is 0. The molecule has 0 aliphatic heterocycles. The van der Waals surface area contributed by atoms with Gasteiger partial charge in [-0.3, -0.25) is 4.79 Å². The van der Waals surface area contributed by atoms with Gasteiger partial charge in [-0.05, 0) is 42.5 Å². The van der Waals surface area contributed by atoms with Gasteiger partial charge in [0.05, 0.1) is 25.1 Å². The molecule has 0 spiro atoms. The van der Waals surface area contributed by atoms with Gasteiger partial charge in [0.15, 0.2) is 0 Å². The molecule has 0 aliphatic rings. The molecule has 140 valence electrons. The number of nitrogens with one attached hydrogen (secondary N) is 1. The van der Waals surface area contributed by atoms with Crippen LogP contribution in [0.4, 0.5) is 0 Å². The third-order valence-electron chi connectivity index (χ3n) is 3.97. The predicted molar refractivity (Wildman–Crippen MR) is 105 cm³/mol. The van der Waals surface area contributed by atoms with Crippen molar-refractivity contribution in [3.05, 3.63) is 65.3 Å². The van der Waals surface area contributed by atoms with Gasteiger partial charge in [-0.1, -0.05) is 23.7 Å². The minimum Gasteiger partial charge on any atom is -0.497 e. The maximum atomic E-state index is 12.7. The van der Waals surface area contributed by atoms with Gasteiger partial charge in [-0.15, -0.1) is 0 Å². The molecule has 27 heavy (non-hydrogen) atoms. The highest BCUT2D eigenvalue weighted by Gasteiger charge is 2.17. The van der Waals surface area contributed by atoms with Crippen LogP contribution in [0.25, 0.3) is 16.9 Å². The molecule has 0 saturated carbocycles. The highest BCUT2D eigenvalue weighted by Crippen LogP contribution is 2.25. The van der Waals surface area contributed by atoms with Crippen LogP contribution in [0, 0.1) is 0 Å². The van der Waals surface area contributed by atoms with Crippen molar-refractivity contribution in [2.45, 2.75) is 0 Å². The Kier molecular flexibility index (Phi) is 6.11. The molecule has 0 aliphatic carbocycles. The Hall–Kier alpha value is -2.83. The lowest BCUT2D eigenvalue weighted by atomic mass is 10.1. The molecule has 1 N–H and O–H groups in total. The summed E-state index contributed by atoms with van der Waals surface area (Å²) in [7, 11) is 3.20. The normalized spacial score (nSPS) is 10.6. The first kappa shape index (κ1) is 18.9. The van der Waals surface area contributed by atoms with Crippen molar-refractivity contribution in [2.24, 2.45) is 0 Å². The molecule has 1 amide bonds. The summed E-state index contributed by atoms with van der Waals surface area (Å²) in [4.78, 5) is 12.7. The number of hydrogen-bond acceptors (Lipinski definition) is 4. The number of nitrogens with zero attached hydrogens (tertiary/aromatic N) is 2. The lowest BCUT2D eigenvalue weighted by Crippen LogP contribution is -2.28. The highest BCUT2D eigenvalue weighted by molar-refractivity contribution is 6.30. The van der Waals surface area contributed by atoms with E-state index in [2.05, 4.69) is 10.4 Å². The Balaban J connectivity index is 2.02. The van der Waals surface area contributed by atoms with Gasteiger partial charge in [0.2, 0.25) is 0 Å². The molecule has 0 fully saturated rings. The second kappa shape index (κ2) is 8.70. The molecule has 0 unspecified atom stereocenters. The molecule has 0 bridgehead atoms. The van der Waals surface area contributed by atoms with Crippen molar-refractivity contribution in [3.8, 4) is 22.7 Å². The number of benzene rings is 2. The number of rotatable bonds is 7. The van der Waals surface area contributed by atoms with Crippen LogP contribution in [0.5, 0.6) is 5.75 Å². The van der Waals surface area contributed by atoms with E-state index in [1.165, 1.54) is 0 Å². The van der Waals surface area contributed by atoms with Crippen molar-refractivity contribution >= 4 is 17.5 Å². The summed E-state index contributed by atoms with van der Waals surface area (Å²) < 4.78 is 11.9. The molecule has 6 nitrogen and oxygen atoms in total. The summed E-state index contributed by atoms with van der Waals surface area (Å²) in [5.41, 5.74) is 2.69. The number of hydrogen-bond donors (Lipinski definition) is 1. The van der Waals surface area contributed by atoms with E-state index in [0.717, 1.165) is 17.0 Å². The van der Waals surface area contributed by atoms with Crippen LogP contribution in [-0.4, -0.2) is 43.1 Å². The second-order valence-corrected chi connectivity index (χ2v) is 6.22. The Morgan fingerprint density at radius 3 is 2.63 bits per heavy atom. The van der Waals surface area contributed by atoms with Gasteiger partial charge in [0, 0.05) is 24.2 Å². The highest BCUT2D eigenvalue weighted by atomic mass is 35.5. The fourth-order valence-electron chi connectivity index (χ4n) is 2.60. The molecule has 0 radical (unpaired) electrons. The predicted octanol–water partition coefficient (Wildman–Crippen LogP) is 3.58. The molecular formula is C20H20ClN3O3. The van der Waals surface area contributed by atoms with E-state index in [0.29, 0.717) is 29.6 Å². The van der Waals surface area contributed by atoms with Gasteiger partial charge in [-0.25, -0.2) is 4.68 Å². The van der Waals surface area contributed by atoms with Gasteiger partial charge < -0.3 is 14.8 Å². The quantitative estimate of drug-likeness (QED) is 0.631. The second-order valence-electron chi connectivity index (χ2n) is 5.78. The summed E-state index contributed by atoms with van der Waals surface area (Å²) in [6.45, 7) is 0.846. The Bertz CT molecular complexity index is 922. The SMILES string of the molecule is COCCNC(=O)c1cc(-c2cccc(OC)c2)nn1-c1ccc(Cl)cc1. The molecule has 1 heterocycles. The first-order valence-electron chi connectivity index (χ1n) is 8.40. The summed E-state index contributed by atoms with van der Waals surface area (Å²) in [6, 6.07) is 16.4. The topological polar surface area (TPSA) is 65.4 Å². The van der Waals surface area contributed by atoms with E-state index < -0.39 is 0 Å². The van der Waals surface area contributed by atoms with Gasteiger partial charge in [0.1, 0.15) is 11.4 Å². The number of carbonyl (C=O) groups is 1. The van der Waals surface area contributed by atoms with E-state index in [-0.39, 0.29) is 5.91 Å². The van der Waals surface area contributed by atoms with Crippen molar-refractivity contribution in [2.75, 3.05) is 27.4 Å². The first-order chi connectivity index (χ1) is 13.1. The third-order valence-corrected chi connectivity index (χ3v) is 4.22. The van der Waals surface area contributed by atoms with E-state index >= 15 is 0 Å². The fraction of sp³-hybridized carbons (Fsp3) is 0.200. The van der Waals surface area contributed by atoms with Crippen LogP contribution in [0.2, 0.25) is 5.02 Å². The molecule has 7 heteroatoms. The van der Waals surface area contributed by atoms with Gasteiger partial charge in [-0.2, -0.15) is 5.10 Å². The van der Waals surface area contributed by atoms with Crippen molar-refractivity contribution < 1.29 is 14.3 Å². The van der Waals surface area contributed by atoms with Crippen LogP contribution < -0.4 is 10.1 Å². The van der Waals surface area contributed by atoms with Crippen LogP contribution >= 0.6 is 11.6 Å². The molecule has 3 aromatic rings.